The number of aromatic nitrogens is 2. The van der Waals surface area contributed by atoms with Crippen molar-refractivity contribution in [2.75, 3.05) is 18.0 Å². The minimum absolute atomic E-state index is 0.137. The quantitative estimate of drug-likeness (QED) is 0.876. The number of nitrogens with one attached hydrogen (secondary N) is 1. The molecule has 0 spiro atoms. The molecule has 1 saturated heterocycles. The van der Waals surface area contributed by atoms with Gasteiger partial charge >= 0.3 is 0 Å². The van der Waals surface area contributed by atoms with Gasteiger partial charge in [0.05, 0.1) is 12.2 Å². The highest BCUT2D eigenvalue weighted by atomic mass is 32.2. The number of hydrogen-bond donors (Lipinski definition) is 1. The van der Waals surface area contributed by atoms with Crippen LogP contribution in [0.4, 0.5) is 14.7 Å². The van der Waals surface area contributed by atoms with Crippen LogP contribution in [0.2, 0.25) is 0 Å². The van der Waals surface area contributed by atoms with Crippen molar-refractivity contribution in [1.29, 1.82) is 0 Å². The fourth-order valence-electron chi connectivity index (χ4n) is 2.66. The fourth-order valence-corrected chi connectivity index (χ4v) is 3.75. The lowest BCUT2D eigenvalue weighted by Crippen LogP contribution is -2.31. The number of rotatable bonds is 5. The lowest BCUT2D eigenvalue weighted by Gasteiger charge is -2.26. The standard InChI is InChI=1S/C16H18F2N4O2S/c17-12-4-5-14(18)15(10-12)25(23,24)20-11-13-6-7-19-16(21-13)22-8-2-1-3-9-22/h4-7,10,20H,1-3,8-9,11H2. The lowest BCUT2D eigenvalue weighted by molar-refractivity contribution is 0.544. The zero-order valence-corrected chi connectivity index (χ0v) is 14.3. The van der Waals surface area contributed by atoms with Gasteiger partial charge in [-0.2, -0.15) is 0 Å². The first-order valence-corrected chi connectivity index (χ1v) is 9.45. The second kappa shape index (κ2) is 7.40. The van der Waals surface area contributed by atoms with Crippen molar-refractivity contribution in [2.24, 2.45) is 0 Å². The summed E-state index contributed by atoms with van der Waals surface area (Å²) in [5.74, 6) is -1.28. The number of hydrogen-bond acceptors (Lipinski definition) is 5. The van der Waals surface area contributed by atoms with E-state index < -0.39 is 26.6 Å². The normalized spacial score (nSPS) is 15.4. The first-order valence-electron chi connectivity index (χ1n) is 7.97. The Hall–Kier alpha value is -2.13. The molecular weight excluding hydrogens is 350 g/mol. The van der Waals surface area contributed by atoms with E-state index in [1.165, 1.54) is 6.42 Å². The zero-order valence-electron chi connectivity index (χ0n) is 13.5. The molecular formula is C16H18F2N4O2S. The SMILES string of the molecule is O=S(=O)(NCc1ccnc(N2CCCCC2)n1)c1cc(F)ccc1F. The molecule has 1 aliphatic heterocycles. The molecule has 1 fully saturated rings. The Labute approximate surface area is 145 Å². The molecule has 0 radical (unpaired) electrons. The summed E-state index contributed by atoms with van der Waals surface area (Å²) in [5.41, 5.74) is 0.455. The van der Waals surface area contributed by atoms with Gasteiger partial charge in [-0.25, -0.2) is 31.9 Å². The third-order valence-electron chi connectivity index (χ3n) is 3.97. The summed E-state index contributed by atoms with van der Waals surface area (Å²) in [6, 6.07) is 3.88. The fraction of sp³-hybridized carbons (Fsp3) is 0.375. The number of nitrogens with zero attached hydrogens (tertiary/aromatic N) is 3. The first-order chi connectivity index (χ1) is 12.0. The molecule has 0 amide bonds. The van der Waals surface area contributed by atoms with Crippen molar-refractivity contribution in [3.63, 3.8) is 0 Å². The molecule has 1 aliphatic rings. The highest BCUT2D eigenvalue weighted by Gasteiger charge is 2.20. The van der Waals surface area contributed by atoms with Crippen molar-refractivity contribution in [3.8, 4) is 0 Å². The third kappa shape index (κ3) is 4.29. The summed E-state index contributed by atoms with van der Waals surface area (Å²) >= 11 is 0. The molecule has 0 atom stereocenters. The van der Waals surface area contributed by atoms with E-state index in [-0.39, 0.29) is 6.54 Å². The van der Waals surface area contributed by atoms with Crippen molar-refractivity contribution in [3.05, 3.63) is 47.8 Å². The first kappa shape index (κ1) is 17.7. The van der Waals surface area contributed by atoms with Crippen LogP contribution in [0.1, 0.15) is 25.0 Å². The summed E-state index contributed by atoms with van der Waals surface area (Å²) in [5, 5.41) is 0. The van der Waals surface area contributed by atoms with Crippen LogP contribution in [0.15, 0.2) is 35.4 Å². The lowest BCUT2D eigenvalue weighted by atomic mass is 10.1. The van der Waals surface area contributed by atoms with Gasteiger partial charge in [0.25, 0.3) is 0 Å². The molecule has 0 aliphatic carbocycles. The molecule has 0 saturated carbocycles. The van der Waals surface area contributed by atoms with Crippen molar-refractivity contribution < 1.29 is 17.2 Å². The van der Waals surface area contributed by atoms with Crippen LogP contribution < -0.4 is 9.62 Å². The van der Waals surface area contributed by atoms with Gasteiger partial charge in [-0.15, -0.1) is 0 Å². The highest BCUT2D eigenvalue weighted by Crippen LogP contribution is 2.17. The van der Waals surface area contributed by atoms with E-state index in [0.29, 0.717) is 17.7 Å². The Morgan fingerprint density at radius 3 is 2.64 bits per heavy atom. The largest absolute Gasteiger partial charge is 0.341 e. The average Bonchev–Trinajstić information content (AvgIpc) is 2.63. The number of sulfonamides is 1. The molecule has 0 unspecified atom stereocenters. The Morgan fingerprint density at radius 1 is 1.12 bits per heavy atom. The van der Waals surface area contributed by atoms with Crippen LogP contribution in [0.3, 0.4) is 0 Å². The Kier molecular flexibility index (Phi) is 5.24. The summed E-state index contributed by atoms with van der Waals surface area (Å²) in [6.45, 7) is 1.59. The van der Waals surface area contributed by atoms with Crippen molar-refractivity contribution >= 4 is 16.0 Å². The minimum atomic E-state index is -4.19. The molecule has 6 nitrogen and oxygen atoms in total. The molecule has 1 aromatic heterocycles. The van der Waals surface area contributed by atoms with E-state index in [4.69, 9.17) is 0 Å². The molecule has 9 heteroatoms. The molecule has 1 N–H and O–H groups in total. The van der Waals surface area contributed by atoms with E-state index in [1.54, 1.807) is 12.3 Å². The number of halogens is 2. The van der Waals surface area contributed by atoms with E-state index in [1.807, 2.05) is 4.90 Å². The maximum atomic E-state index is 13.7. The number of anilines is 1. The van der Waals surface area contributed by atoms with Gasteiger partial charge in [-0.1, -0.05) is 0 Å². The Bertz CT molecular complexity index is 855. The molecule has 2 heterocycles. The Balaban J connectivity index is 1.73. The van der Waals surface area contributed by atoms with Crippen LogP contribution in [-0.2, 0) is 16.6 Å². The van der Waals surface area contributed by atoms with Crippen LogP contribution in [0.25, 0.3) is 0 Å². The van der Waals surface area contributed by atoms with Crippen LogP contribution in [-0.4, -0.2) is 31.5 Å². The van der Waals surface area contributed by atoms with Gasteiger partial charge in [0.15, 0.2) is 0 Å². The van der Waals surface area contributed by atoms with Gasteiger partial charge < -0.3 is 4.90 Å². The predicted molar refractivity (Wildman–Crippen MR) is 88.5 cm³/mol. The molecule has 2 aromatic rings. The Morgan fingerprint density at radius 2 is 1.88 bits per heavy atom. The van der Waals surface area contributed by atoms with Crippen molar-refractivity contribution in [2.45, 2.75) is 30.7 Å². The summed E-state index contributed by atoms with van der Waals surface area (Å²) < 4.78 is 53.5. The van der Waals surface area contributed by atoms with Crippen LogP contribution in [0, 0.1) is 11.6 Å². The third-order valence-corrected chi connectivity index (χ3v) is 5.38. The summed E-state index contributed by atoms with van der Waals surface area (Å²) in [6.07, 6.45) is 4.87. The van der Waals surface area contributed by atoms with E-state index in [2.05, 4.69) is 14.7 Å². The average molecular weight is 368 g/mol. The molecule has 134 valence electrons. The van der Waals surface area contributed by atoms with Crippen molar-refractivity contribution in [1.82, 2.24) is 14.7 Å². The second-order valence-corrected chi connectivity index (χ2v) is 7.53. The van der Waals surface area contributed by atoms with Crippen LogP contribution in [0.5, 0.6) is 0 Å². The smallest absolute Gasteiger partial charge is 0.243 e. The van der Waals surface area contributed by atoms with E-state index in [0.717, 1.165) is 38.1 Å². The summed E-state index contributed by atoms with van der Waals surface area (Å²) in [4.78, 5) is 9.90. The minimum Gasteiger partial charge on any atom is -0.341 e. The van der Waals surface area contributed by atoms with Gasteiger partial charge in [0, 0.05) is 19.3 Å². The van der Waals surface area contributed by atoms with Gasteiger partial charge in [0.2, 0.25) is 16.0 Å². The van der Waals surface area contributed by atoms with Gasteiger partial charge in [-0.05, 0) is 43.5 Å². The van der Waals surface area contributed by atoms with Gasteiger partial charge in [-0.3, -0.25) is 0 Å². The second-order valence-electron chi connectivity index (χ2n) is 5.79. The zero-order chi connectivity index (χ0) is 17.9. The molecule has 1 aromatic carbocycles. The van der Waals surface area contributed by atoms with E-state index >= 15 is 0 Å². The number of benzene rings is 1. The summed E-state index contributed by atoms with van der Waals surface area (Å²) in [7, 11) is -4.19. The van der Waals surface area contributed by atoms with E-state index in [9.17, 15) is 17.2 Å². The molecule has 0 bridgehead atoms. The maximum absolute atomic E-state index is 13.7. The number of piperidine rings is 1. The van der Waals surface area contributed by atoms with Gasteiger partial charge in [0.1, 0.15) is 16.5 Å². The predicted octanol–water partition coefficient (Wildman–Crippen LogP) is 2.22. The monoisotopic (exact) mass is 368 g/mol. The molecule has 3 rings (SSSR count). The van der Waals surface area contributed by atoms with Crippen LogP contribution >= 0.6 is 0 Å². The molecule has 25 heavy (non-hydrogen) atoms. The maximum Gasteiger partial charge on any atom is 0.243 e. The topological polar surface area (TPSA) is 75.2 Å². The highest BCUT2D eigenvalue weighted by molar-refractivity contribution is 7.89.